The van der Waals surface area contributed by atoms with Gasteiger partial charge in [-0.15, -0.1) is 5.11 Å². The first-order valence-corrected chi connectivity index (χ1v) is 7.62. The third-order valence-electron chi connectivity index (χ3n) is 3.69. The van der Waals surface area contributed by atoms with Crippen molar-refractivity contribution in [3.8, 4) is 17.6 Å². The van der Waals surface area contributed by atoms with Crippen molar-refractivity contribution in [2.24, 2.45) is 26.9 Å². The number of aliphatic imine (C=N–C) groups is 1. The molecule has 2 rings (SSSR count). The number of methoxy groups -OCH3 is 1. The van der Waals surface area contributed by atoms with Crippen LogP contribution in [-0.4, -0.2) is 23.7 Å². The summed E-state index contributed by atoms with van der Waals surface area (Å²) in [5.74, 6) is 11.8. The van der Waals surface area contributed by atoms with Crippen LogP contribution in [0.5, 0.6) is 5.75 Å². The number of rotatable bonds is 3. The van der Waals surface area contributed by atoms with Crippen molar-refractivity contribution in [2.45, 2.75) is 31.3 Å². The molecule has 0 spiro atoms. The van der Waals surface area contributed by atoms with Gasteiger partial charge in [-0.2, -0.15) is 0 Å². The first-order valence-electron chi connectivity index (χ1n) is 7.62. The van der Waals surface area contributed by atoms with Gasteiger partial charge < -0.3 is 21.4 Å². The van der Waals surface area contributed by atoms with E-state index in [2.05, 4.69) is 27.2 Å². The van der Waals surface area contributed by atoms with Crippen LogP contribution in [0.1, 0.15) is 31.2 Å². The van der Waals surface area contributed by atoms with Crippen molar-refractivity contribution >= 4 is 11.5 Å². The second kappa shape index (κ2) is 8.13. The van der Waals surface area contributed by atoms with Gasteiger partial charge in [0, 0.05) is 11.6 Å². The Bertz CT molecular complexity index is 708. The fraction of sp³-hybridized carbons (Fsp3) is 0.353. The van der Waals surface area contributed by atoms with E-state index in [9.17, 15) is 5.11 Å². The number of amidine groups is 1. The zero-order valence-corrected chi connectivity index (χ0v) is 13.6. The zero-order chi connectivity index (χ0) is 17.4. The normalized spacial score (nSPS) is 17.2. The van der Waals surface area contributed by atoms with Crippen LogP contribution < -0.4 is 16.3 Å². The van der Waals surface area contributed by atoms with Crippen LogP contribution in [-0.2, 0) is 0 Å². The molecule has 24 heavy (non-hydrogen) atoms. The largest absolute Gasteiger partial charge is 0.494 e. The molecule has 0 saturated heterocycles. The number of nitrogens with zero attached hydrogens (tertiary/aromatic N) is 3. The van der Waals surface area contributed by atoms with Gasteiger partial charge >= 0.3 is 0 Å². The summed E-state index contributed by atoms with van der Waals surface area (Å²) in [5.41, 5.74) is 5.71. The maximum Gasteiger partial charge on any atom is 0.178 e. The van der Waals surface area contributed by atoms with Crippen LogP contribution in [0.25, 0.3) is 0 Å². The first kappa shape index (κ1) is 17.5. The van der Waals surface area contributed by atoms with E-state index in [0.29, 0.717) is 24.3 Å². The highest BCUT2D eigenvalue weighted by Gasteiger charge is 2.28. The van der Waals surface area contributed by atoms with Crippen molar-refractivity contribution in [3.05, 3.63) is 36.0 Å². The number of hydrogen-bond acceptors (Lipinski definition) is 5. The van der Waals surface area contributed by atoms with Gasteiger partial charge in [-0.1, -0.05) is 17.1 Å². The standard InChI is InChI=1S/C17H21N5O2/c1-24-15-5-4-13(6-10-17(23)8-2-3-9-17)12-14(15)20-16(7-11-18)21-22-19/h4-5,7,11-12,23H,2-3,8-9,18H2,1H3,(H2,19,20,21). The molecule has 1 aromatic rings. The molecular formula is C17H21N5O2. The molecule has 7 heteroatoms. The van der Waals surface area contributed by atoms with Gasteiger partial charge in [0.2, 0.25) is 0 Å². The molecule has 0 amide bonds. The molecule has 1 saturated carbocycles. The number of nitrogens with two attached hydrogens (primary N) is 2. The molecule has 0 heterocycles. The van der Waals surface area contributed by atoms with Crippen molar-refractivity contribution in [3.63, 3.8) is 0 Å². The predicted molar refractivity (Wildman–Crippen MR) is 92.8 cm³/mol. The smallest absolute Gasteiger partial charge is 0.178 e. The third kappa shape index (κ3) is 4.57. The van der Waals surface area contributed by atoms with Gasteiger partial charge in [0.15, 0.2) is 5.84 Å². The molecule has 126 valence electrons. The molecule has 0 unspecified atom stereocenters. The summed E-state index contributed by atoms with van der Waals surface area (Å²) >= 11 is 0. The summed E-state index contributed by atoms with van der Waals surface area (Å²) in [7, 11) is 1.55. The molecule has 0 aromatic heterocycles. The lowest BCUT2D eigenvalue weighted by molar-refractivity contribution is 0.110. The monoisotopic (exact) mass is 327 g/mol. The molecule has 1 aliphatic carbocycles. The van der Waals surface area contributed by atoms with Crippen molar-refractivity contribution in [1.29, 1.82) is 0 Å². The van der Waals surface area contributed by atoms with E-state index in [1.165, 1.54) is 12.3 Å². The minimum Gasteiger partial charge on any atom is -0.494 e. The van der Waals surface area contributed by atoms with E-state index < -0.39 is 5.60 Å². The highest BCUT2D eigenvalue weighted by atomic mass is 16.5. The summed E-state index contributed by atoms with van der Waals surface area (Å²) in [6, 6.07) is 5.32. The highest BCUT2D eigenvalue weighted by Crippen LogP contribution is 2.30. The Hall–Kier alpha value is -2.85. The molecular weight excluding hydrogens is 306 g/mol. The number of ether oxygens (including phenoxy) is 1. The SMILES string of the molecule is COc1ccc(C#CC2(O)CCCC2)cc1N=C(C=CN)N=NN. The average Bonchev–Trinajstić information content (AvgIpc) is 3.01. The lowest BCUT2D eigenvalue weighted by atomic mass is 10.0. The Morgan fingerprint density at radius 2 is 2.12 bits per heavy atom. The van der Waals surface area contributed by atoms with E-state index in [4.69, 9.17) is 16.3 Å². The van der Waals surface area contributed by atoms with E-state index in [0.717, 1.165) is 18.4 Å². The fourth-order valence-electron chi connectivity index (χ4n) is 2.49. The Kier molecular flexibility index (Phi) is 5.93. The van der Waals surface area contributed by atoms with Crippen LogP contribution in [0.15, 0.2) is 45.8 Å². The van der Waals surface area contributed by atoms with Crippen LogP contribution in [0, 0.1) is 11.8 Å². The molecule has 0 bridgehead atoms. The van der Waals surface area contributed by atoms with Crippen molar-refractivity contribution < 1.29 is 9.84 Å². The van der Waals surface area contributed by atoms with Crippen LogP contribution in [0.2, 0.25) is 0 Å². The minimum absolute atomic E-state index is 0.234. The molecule has 1 fully saturated rings. The van der Waals surface area contributed by atoms with Crippen molar-refractivity contribution in [1.82, 2.24) is 0 Å². The second-order valence-electron chi connectivity index (χ2n) is 5.42. The summed E-state index contributed by atoms with van der Waals surface area (Å²) < 4.78 is 5.29. The summed E-state index contributed by atoms with van der Waals surface area (Å²) in [4.78, 5) is 4.32. The van der Waals surface area contributed by atoms with Crippen LogP contribution in [0.4, 0.5) is 5.69 Å². The number of aliphatic hydroxyl groups is 1. The van der Waals surface area contributed by atoms with Gasteiger partial charge in [0.1, 0.15) is 17.0 Å². The molecule has 7 nitrogen and oxygen atoms in total. The second-order valence-corrected chi connectivity index (χ2v) is 5.42. The van der Waals surface area contributed by atoms with Gasteiger partial charge in [0.25, 0.3) is 0 Å². The van der Waals surface area contributed by atoms with Gasteiger partial charge in [0.05, 0.1) is 7.11 Å². The molecule has 1 aromatic carbocycles. The minimum atomic E-state index is -0.884. The summed E-state index contributed by atoms with van der Waals surface area (Å²) in [6.07, 6.45) is 6.19. The van der Waals surface area contributed by atoms with E-state index in [-0.39, 0.29) is 5.84 Å². The maximum absolute atomic E-state index is 10.3. The Morgan fingerprint density at radius 1 is 1.38 bits per heavy atom. The van der Waals surface area contributed by atoms with Gasteiger partial charge in [-0.25, -0.2) is 4.99 Å². The fourth-order valence-corrected chi connectivity index (χ4v) is 2.49. The van der Waals surface area contributed by atoms with E-state index in [1.54, 1.807) is 19.2 Å². The predicted octanol–water partition coefficient (Wildman–Crippen LogP) is 2.18. The molecule has 1 aliphatic rings. The van der Waals surface area contributed by atoms with E-state index >= 15 is 0 Å². The summed E-state index contributed by atoms with van der Waals surface area (Å²) in [6.45, 7) is 0. The Morgan fingerprint density at radius 3 is 2.75 bits per heavy atom. The molecule has 0 aliphatic heterocycles. The lowest BCUT2D eigenvalue weighted by Gasteiger charge is -2.12. The van der Waals surface area contributed by atoms with E-state index in [1.807, 2.05) is 6.07 Å². The van der Waals surface area contributed by atoms with Crippen LogP contribution >= 0.6 is 0 Å². The Labute approximate surface area is 141 Å². The Balaban J connectivity index is 2.37. The molecule has 5 N–H and O–H groups in total. The van der Waals surface area contributed by atoms with Gasteiger partial charge in [-0.3, -0.25) is 0 Å². The summed E-state index contributed by atoms with van der Waals surface area (Å²) in [5, 5.41) is 17.2. The number of benzene rings is 1. The quantitative estimate of drug-likeness (QED) is 0.197. The lowest BCUT2D eigenvalue weighted by Crippen LogP contribution is -2.20. The zero-order valence-electron chi connectivity index (χ0n) is 13.6. The molecule has 0 atom stereocenters. The molecule has 0 radical (unpaired) electrons. The third-order valence-corrected chi connectivity index (χ3v) is 3.69. The van der Waals surface area contributed by atoms with Gasteiger partial charge in [-0.05, 0) is 50.1 Å². The highest BCUT2D eigenvalue weighted by molar-refractivity contribution is 5.95. The average molecular weight is 327 g/mol. The number of hydrogen-bond donors (Lipinski definition) is 3. The first-order chi connectivity index (χ1) is 11.6. The maximum atomic E-state index is 10.3. The topological polar surface area (TPSA) is 119 Å². The van der Waals surface area contributed by atoms with Crippen molar-refractivity contribution in [2.75, 3.05) is 7.11 Å². The van der Waals surface area contributed by atoms with Crippen LogP contribution in [0.3, 0.4) is 0 Å².